The third-order valence-electron chi connectivity index (χ3n) is 1.62. The number of hydrogen-bond donors (Lipinski definition) is 2. The second-order valence-corrected chi connectivity index (χ2v) is 4.27. The number of nitrogens with one attached hydrogen (secondary N) is 1. The minimum Gasteiger partial charge on any atom is -0.337 e. The van der Waals surface area contributed by atoms with Gasteiger partial charge in [0.25, 0.3) is 0 Å². The molecule has 0 bridgehead atoms. The fourth-order valence-corrected chi connectivity index (χ4v) is 1.68. The first-order valence-corrected chi connectivity index (χ1v) is 5.85. The van der Waals surface area contributed by atoms with Crippen molar-refractivity contribution in [1.29, 1.82) is 0 Å². The van der Waals surface area contributed by atoms with Gasteiger partial charge in [0.2, 0.25) is 0 Å². The van der Waals surface area contributed by atoms with Crippen LogP contribution >= 0.6 is 0 Å². The van der Waals surface area contributed by atoms with Crippen molar-refractivity contribution in [2.24, 2.45) is 5.73 Å². The molecule has 0 aliphatic heterocycles. The Morgan fingerprint density at radius 3 is 2.88 bits per heavy atom. The maximum absolute atomic E-state index is 10.9. The van der Waals surface area contributed by atoms with Crippen molar-refractivity contribution >= 4 is 16.4 Å². The summed E-state index contributed by atoms with van der Waals surface area (Å²) in [6.45, 7) is 0.757. The van der Waals surface area contributed by atoms with Gasteiger partial charge in [0, 0.05) is 25.5 Å². The summed E-state index contributed by atoms with van der Waals surface area (Å²) >= 11 is 0. The van der Waals surface area contributed by atoms with Crippen LogP contribution in [0.25, 0.3) is 0 Å². The van der Waals surface area contributed by atoms with Crippen LogP contribution in [0.1, 0.15) is 6.42 Å². The van der Waals surface area contributed by atoms with E-state index in [4.69, 9.17) is 0 Å². The molecule has 16 heavy (non-hydrogen) atoms. The fraction of sp³-hybridized carbons (Fsp3) is 0.429. The SMILES string of the molecule is NC(=O)OS(=O)(=O)NCCCn1ccnc1. The molecule has 0 aromatic carbocycles. The maximum Gasteiger partial charge on any atom is 0.421 e. The molecule has 0 unspecified atom stereocenters. The van der Waals surface area contributed by atoms with Gasteiger partial charge in [0.05, 0.1) is 6.33 Å². The normalized spacial score (nSPS) is 11.2. The molecule has 1 aromatic rings. The predicted octanol–water partition coefficient (Wildman–Crippen LogP) is -0.797. The maximum atomic E-state index is 10.9. The summed E-state index contributed by atoms with van der Waals surface area (Å²) in [5.74, 6) is 0. The first-order valence-electron chi connectivity index (χ1n) is 4.44. The molecule has 90 valence electrons. The molecule has 1 aromatic heterocycles. The molecule has 0 saturated carbocycles. The van der Waals surface area contributed by atoms with Crippen molar-refractivity contribution in [3.63, 3.8) is 0 Å². The van der Waals surface area contributed by atoms with E-state index < -0.39 is 16.4 Å². The van der Waals surface area contributed by atoms with Crippen molar-refractivity contribution in [1.82, 2.24) is 14.3 Å². The number of primary amides is 1. The van der Waals surface area contributed by atoms with Gasteiger partial charge >= 0.3 is 16.4 Å². The van der Waals surface area contributed by atoms with Crippen LogP contribution in [-0.2, 0) is 21.0 Å². The molecule has 0 spiro atoms. The lowest BCUT2D eigenvalue weighted by molar-refractivity contribution is 0.212. The molecule has 3 N–H and O–H groups in total. The van der Waals surface area contributed by atoms with Crippen LogP contribution in [0.5, 0.6) is 0 Å². The van der Waals surface area contributed by atoms with E-state index >= 15 is 0 Å². The van der Waals surface area contributed by atoms with Crippen LogP contribution < -0.4 is 10.5 Å². The van der Waals surface area contributed by atoms with Crippen molar-refractivity contribution in [2.75, 3.05) is 6.54 Å². The lowest BCUT2D eigenvalue weighted by Gasteiger charge is -2.05. The topological polar surface area (TPSA) is 116 Å². The number of carbonyl (C=O) groups excluding carboxylic acids is 1. The van der Waals surface area contributed by atoms with E-state index in [2.05, 4.69) is 19.6 Å². The Kier molecular flexibility index (Phi) is 4.26. The van der Waals surface area contributed by atoms with Gasteiger partial charge in [-0.1, -0.05) is 0 Å². The van der Waals surface area contributed by atoms with Gasteiger partial charge in [0.1, 0.15) is 0 Å². The monoisotopic (exact) mass is 248 g/mol. The average Bonchev–Trinajstić information content (AvgIpc) is 2.62. The van der Waals surface area contributed by atoms with Crippen molar-refractivity contribution < 1.29 is 17.4 Å². The van der Waals surface area contributed by atoms with Gasteiger partial charge in [-0.3, -0.25) is 0 Å². The largest absolute Gasteiger partial charge is 0.421 e. The lowest BCUT2D eigenvalue weighted by atomic mass is 10.4. The Balaban J connectivity index is 2.23. The number of aryl methyl sites for hydroxylation is 1. The summed E-state index contributed by atoms with van der Waals surface area (Å²) in [6.07, 6.45) is 4.18. The summed E-state index contributed by atoms with van der Waals surface area (Å²) < 4.78 is 29.6. The predicted molar refractivity (Wildman–Crippen MR) is 54.4 cm³/mol. The molecule has 1 rings (SSSR count). The van der Waals surface area contributed by atoms with Gasteiger partial charge in [-0.05, 0) is 6.42 Å². The number of carbonyl (C=O) groups is 1. The van der Waals surface area contributed by atoms with E-state index in [0.717, 1.165) is 0 Å². The molecule has 1 amide bonds. The van der Waals surface area contributed by atoms with Gasteiger partial charge in [-0.25, -0.2) is 9.78 Å². The first-order chi connectivity index (χ1) is 7.49. The molecule has 8 nitrogen and oxygen atoms in total. The van der Waals surface area contributed by atoms with E-state index in [1.807, 2.05) is 0 Å². The number of imidazole rings is 1. The Labute approximate surface area is 92.7 Å². The van der Waals surface area contributed by atoms with Crippen molar-refractivity contribution in [3.05, 3.63) is 18.7 Å². The highest BCUT2D eigenvalue weighted by Crippen LogP contribution is 1.92. The van der Waals surface area contributed by atoms with Crippen LogP contribution in [0.4, 0.5) is 4.79 Å². The van der Waals surface area contributed by atoms with Crippen LogP contribution in [0, 0.1) is 0 Å². The number of nitrogens with zero attached hydrogens (tertiary/aromatic N) is 2. The summed E-state index contributed by atoms with van der Waals surface area (Å²) in [7, 11) is -4.07. The van der Waals surface area contributed by atoms with Gasteiger partial charge < -0.3 is 14.5 Å². The molecule has 0 saturated heterocycles. The third kappa shape index (κ3) is 4.75. The highest BCUT2D eigenvalue weighted by atomic mass is 32.2. The molecule has 0 radical (unpaired) electrons. The highest BCUT2D eigenvalue weighted by molar-refractivity contribution is 7.85. The molecular weight excluding hydrogens is 236 g/mol. The Hall–Kier alpha value is -1.61. The minimum atomic E-state index is -4.07. The number of aromatic nitrogens is 2. The number of amides is 1. The van der Waals surface area contributed by atoms with Gasteiger partial charge in [-0.15, -0.1) is 0 Å². The van der Waals surface area contributed by atoms with E-state index in [0.29, 0.717) is 13.0 Å². The zero-order chi connectivity index (χ0) is 12.0. The Morgan fingerprint density at radius 2 is 2.31 bits per heavy atom. The zero-order valence-electron chi connectivity index (χ0n) is 8.37. The summed E-state index contributed by atoms with van der Waals surface area (Å²) in [5, 5.41) is 0. The number of rotatable bonds is 6. The second kappa shape index (κ2) is 5.47. The van der Waals surface area contributed by atoms with E-state index in [1.54, 1.807) is 23.3 Å². The summed E-state index contributed by atoms with van der Waals surface area (Å²) in [4.78, 5) is 14.0. The molecule has 0 atom stereocenters. The van der Waals surface area contributed by atoms with E-state index in [-0.39, 0.29) is 6.54 Å². The molecular formula is C7H12N4O4S. The highest BCUT2D eigenvalue weighted by Gasteiger charge is 2.12. The smallest absolute Gasteiger partial charge is 0.337 e. The van der Waals surface area contributed by atoms with Crippen LogP contribution in [-0.4, -0.2) is 30.6 Å². The average molecular weight is 248 g/mol. The molecule has 0 fully saturated rings. The fourth-order valence-electron chi connectivity index (χ4n) is 1.02. The lowest BCUT2D eigenvalue weighted by Crippen LogP contribution is -2.31. The number of hydrogen-bond acceptors (Lipinski definition) is 5. The van der Waals surface area contributed by atoms with E-state index in [1.165, 1.54) is 0 Å². The van der Waals surface area contributed by atoms with Crippen molar-refractivity contribution in [2.45, 2.75) is 13.0 Å². The third-order valence-corrected chi connectivity index (χ3v) is 2.56. The molecule has 9 heteroatoms. The van der Waals surface area contributed by atoms with Gasteiger partial charge in [0.15, 0.2) is 0 Å². The van der Waals surface area contributed by atoms with Crippen molar-refractivity contribution in [3.8, 4) is 0 Å². The quantitative estimate of drug-likeness (QED) is 0.639. The summed E-state index contributed by atoms with van der Waals surface area (Å²) in [6, 6.07) is 0. The Morgan fingerprint density at radius 1 is 1.56 bits per heavy atom. The number of nitrogens with two attached hydrogens (primary N) is 1. The standard InChI is InChI=1S/C7H12N4O4S/c8-7(12)15-16(13,14)10-2-1-4-11-5-3-9-6-11/h3,5-6,10H,1-2,4H2,(H2,8,12). The van der Waals surface area contributed by atoms with Crippen LogP contribution in [0.2, 0.25) is 0 Å². The zero-order valence-corrected chi connectivity index (χ0v) is 9.18. The minimum absolute atomic E-state index is 0.147. The first kappa shape index (κ1) is 12.5. The van der Waals surface area contributed by atoms with Crippen LogP contribution in [0.15, 0.2) is 18.7 Å². The molecule has 1 heterocycles. The summed E-state index contributed by atoms with van der Waals surface area (Å²) in [5.41, 5.74) is 4.57. The van der Waals surface area contributed by atoms with Gasteiger partial charge in [-0.2, -0.15) is 13.1 Å². The molecule has 0 aliphatic rings. The van der Waals surface area contributed by atoms with E-state index in [9.17, 15) is 13.2 Å². The Bertz CT molecular complexity index is 427. The second-order valence-electron chi connectivity index (χ2n) is 2.90. The molecule has 0 aliphatic carbocycles. The van der Waals surface area contributed by atoms with Crippen LogP contribution in [0.3, 0.4) is 0 Å².